The third-order valence-electron chi connectivity index (χ3n) is 2.90. The fourth-order valence-electron chi connectivity index (χ4n) is 1.73. The number of carbonyl (C=O) groups is 2. The summed E-state index contributed by atoms with van der Waals surface area (Å²) in [6, 6.07) is 7.13. The van der Waals surface area contributed by atoms with Crippen molar-refractivity contribution in [3.63, 3.8) is 0 Å². The van der Waals surface area contributed by atoms with Gasteiger partial charge in [-0.3, -0.25) is 9.59 Å². The fraction of sp³-hybridized carbons (Fsp3) is 0.429. The van der Waals surface area contributed by atoms with E-state index in [1.165, 1.54) is 4.90 Å². The van der Waals surface area contributed by atoms with E-state index in [-0.39, 0.29) is 18.7 Å². The van der Waals surface area contributed by atoms with Crippen LogP contribution in [0, 0.1) is 6.92 Å². The van der Waals surface area contributed by atoms with Gasteiger partial charge in [-0.15, -0.1) is 0 Å². The number of nitrogens with two attached hydrogens (primary N) is 1. The lowest BCUT2D eigenvalue weighted by Gasteiger charge is -2.21. The first kappa shape index (κ1) is 15.2. The Hall–Kier alpha value is -1.88. The Labute approximate surface area is 113 Å². The van der Waals surface area contributed by atoms with Crippen LogP contribution in [-0.4, -0.2) is 35.0 Å². The van der Waals surface area contributed by atoms with Gasteiger partial charge >= 0.3 is 5.97 Å². The first-order chi connectivity index (χ1) is 8.90. The molecule has 5 nitrogen and oxygen atoms in total. The molecule has 0 fully saturated rings. The van der Waals surface area contributed by atoms with Gasteiger partial charge in [-0.2, -0.15) is 0 Å². The average Bonchev–Trinajstić information content (AvgIpc) is 2.37. The largest absolute Gasteiger partial charge is 0.481 e. The number of aliphatic carboxylic acids is 1. The number of aryl methyl sites for hydroxylation is 1. The summed E-state index contributed by atoms with van der Waals surface area (Å²) < 4.78 is 0. The molecule has 1 atom stereocenters. The van der Waals surface area contributed by atoms with Crippen molar-refractivity contribution in [3.05, 3.63) is 35.4 Å². The molecule has 19 heavy (non-hydrogen) atoms. The van der Waals surface area contributed by atoms with Crippen LogP contribution < -0.4 is 5.73 Å². The molecule has 1 amide bonds. The Balaban J connectivity index is 2.52. The Morgan fingerprint density at radius 1 is 1.32 bits per heavy atom. The highest BCUT2D eigenvalue weighted by Crippen LogP contribution is 2.07. The smallest absolute Gasteiger partial charge is 0.303 e. The van der Waals surface area contributed by atoms with E-state index in [0.717, 1.165) is 11.1 Å². The van der Waals surface area contributed by atoms with E-state index in [0.29, 0.717) is 6.54 Å². The van der Waals surface area contributed by atoms with Crippen molar-refractivity contribution in [2.75, 3.05) is 7.05 Å². The second-order valence-corrected chi connectivity index (χ2v) is 4.72. The highest BCUT2D eigenvalue weighted by Gasteiger charge is 2.18. The molecule has 0 heterocycles. The van der Waals surface area contributed by atoms with Crippen LogP contribution in [0.25, 0.3) is 0 Å². The minimum absolute atomic E-state index is 0.0920. The zero-order valence-corrected chi connectivity index (χ0v) is 11.3. The molecule has 1 unspecified atom stereocenters. The summed E-state index contributed by atoms with van der Waals surface area (Å²) in [5, 5.41) is 8.56. The van der Waals surface area contributed by atoms with Crippen LogP contribution >= 0.6 is 0 Å². The SMILES string of the molecule is Cc1ccc(CN(C)C(=O)C(N)CCC(=O)O)cc1. The molecule has 0 radical (unpaired) electrons. The van der Waals surface area contributed by atoms with Gasteiger partial charge in [-0.25, -0.2) is 0 Å². The Kier molecular flexibility index (Phi) is 5.51. The predicted octanol–water partition coefficient (Wildman–Crippen LogP) is 1.15. The molecule has 1 aromatic carbocycles. The van der Waals surface area contributed by atoms with E-state index in [1.807, 2.05) is 31.2 Å². The molecule has 0 saturated carbocycles. The number of amides is 1. The lowest BCUT2D eigenvalue weighted by atomic mass is 10.1. The van der Waals surface area contributed by atoms with Crippen molar-refractivity contribution in [1.82, 2.24) is 4.90 Å². The lowest BCUT2D eigenvalue weighted by Crippen LogP contribution is -2.41. The Bertz CT molecular complexity index is 443. The van der Waals surface area contributed by atoms with E-state index in [2.05, 4.69) is 0 Å². The molecule has 0 saturated heterocycles. The molecule has 3 N–H and O–H groups in total. The summed E-state index contributed by atoms with van der Waals surface area (Å²) in [7, 11) is 1.67. The summed E-state index contributed by atoms with van der Waals surface area (Å²) >= 11 is 0. The maximum atomic E-state index is 11.9. The monoisotopic (exact) mass is 264 g/mol. The third-order valence-corrected chi connectivity index (χ3v) is 2.90. The van der Waals surface area contributed by atoms with Gasteiger partial charge in [0.2, 0.25) is 5.91 Å². The van der Waals surface area contributed by atoms with Gasteiger partial charge in [0.15, 0.2) is 0 Å². The van der Waals surface area contributed by atoms with Gasteiger partial charge < -0.3 is 15.7 Å². The molecule has 0 aromatic heterocycles. The topological polar surface area (TPSA) is 83.6 Å². The van der Waals surface area contributed by atoms with Crippen LogP contribution in [0.4, 0.5) is 0 Å². The van der Waals surface area contributed by atoms with E-state index < -0.39 is 12.0 Å². The summed E-state index contributed by atoms with van der Waals surface area (Å²) in [5.74, 6) is -1.17. The Morgan fingerprint density at radius 2 is 1.89 bits per heavy atom. The molecular formula is C14H20N2O3. The van der Waals surface area contributed by atoms with Crippen molar-refractivity contribution in [3.8, 4) is 0 Å². The number of benzene rings is 1. The highest BCUT2D eigenvalue weighted by atomic mass is 16.4. The molecule has 1 rings (SSSR count). The number of nitrogens with zero attached hydrogens (tertiary/aromatic N) is 1. The molecule has 0 bridgehead atoms. The van der Waals surface area contributed by atoms with Gasteiger partial charge in [0, 0.05) is 20.0 Å². The first-order valence-corrected chi connectivity index (χ1v) is 6.18. The van der Waals surface area contributed by atoms with E-state index in [1.54, 1.807) is 7.05 Å². The minimum atomic E-state index is -0.940. The average molecular weight is 264 g/mol. The number of carboxylic acid groups (broad SMARTS) is 1. The van der Waals surface area contributed by atoms with Gasteiger partial charge in [-0.05, 0) is 18.9 Å². The Morgan fingerprint density at radius 3 is 2.42 bits per heavy atom. The molecule has 0 spiro atoms. The van der Waals surface area contributed by atoms with E-state index in [4.69, 9.17) is 10.8 Å². The van der Waals surface area contributed by atoms with E-state index >= 15 is 0 Å². The molecule has 0 aliphatic carbocycles. The van der Waals surface area contributed by atoms with Crippen LogP contribution in [0.3, 0.4) is 0 Å². The minimum Gasteiger partial charge on any atom is -0.481 e. The van der Waals surface area contributed by atoms with E-state index in [9.17, 15) is 9.59 Å². The molecule has 0 aliphatic rings. The van der Waals surface area contributed by atoms with Crippen LogP contribution in [0.5, 0.6) is 0 Å². The summed E-state index contributed by atoms with van der Waals surface area (Å²) in [4.78, 5) is 23.9. The summed E-state index contributed by atoms with van der Waals surface area (Å²) in [6.07, 6.45) is 0.0671. The number of hydrogen-bond acceptors (Lipinski definition) is 3. The summed E-state index contributed by atoms with van der Waals surface area (Å²) in [5.41, 5.74) is 7.87. The van der Waals surface area contributed by atoms with Crippen LogP contribution in [0.2, 0.25) is 0 Å². The zero-order valence-electron chi connectivity index (χ0n) is 11.3. The van der Waals surface area contributed by atoms with Gasteiger partial charge in [0.1, 0.15) is 0 Å². The first-order valence-electron chi connectivity index (χ1n) is 6.18. The molecule has 0 aliphatic heterocycles. The lowest BCUT2D eigenvalue weighted by molar-refractivity contribution is -0.137. The standard InChI is InChI=1S/C14H20N2O3/c1-10-3-5-11(6-4-10)9-16(2)14(19)12(15)7-8-13(17)18/h3-6,12H,7-9,15H2,1-2H3,(H,17,18). The van der Waals surface area contributed by atoms with Crippen molar-refractivity contribution in [2.45, 2.75) is 32.4 Å². The third kappa shape index (κ3) is 5.09. The maximum absolute atomic E-state index is 11.9. The normalized spacial score (nSPS) is 11.9. The molecule has 1 aromatic rings. The quantitative estimate of drug-likeness (QED) is 0.807. The van der Waals surface area contributed by atoms with Gasteiger partial charge in [0.25, 0.3) is 0 Å². The molecule has 5 heteroatoms. The second-order valence-electron chi connectivity index (χ2n) is 4.72. The van der Waals surface area contributed by atoms with Crippen molar-refractivity contribution < 1.29 is 14.7 Å². The molecule has 104 valence electrons. The van der Waals surface area contributed by atoms with Crippen LogP contribution in [0.15, 0.2) is 24.3 Å². The zero-order chi connectivity index (χ0) is 14.4. The fourth-order valence-corrected chi connectivity index (χ4v) is 1.73. The number of likely N-dealkylation sites (N-methyl/N-ethyl adjacent to an activating group) is 1. The highest BCUT2D eigenvalue weighted by molar-refractivity contribution is 5.82. The number of carbonyl (C=O) groups excluding carboxylic acids is 1. The van der Waals surface area contributed by atoms with Crippen molar-refractivity contribution >= 4 is 11.9 Å². The van der Waals surface area contributed by atoms with Gasteiger partial charge in [-0.1, -0.05) is 29.8 Å². The van der Waals surface area contributed by atoms with Crippen LogP contribution in [0.1, 0.15) is 24.0 Å². The predicted molar refractivity (Wildman–Crippen MR) is 72.5 cm³/mol. The number of rotatable bonds is 6. The van der Waals surface area contributed by atoms with Crippen molar-refractivity contribution in [1.29, 1.82) is 0 Å². The maximum Gasteiger partial charge on any atom is 0.303 e. The van der Waals surface area contributed by atoms with Crippen LogP contribution in [-0.2, 0) is 16.1 Å². The molecular weight excluding hydrogens is 244 g/mol. The van der Waals surface area contributed by atoms with Crippen molar-refractivity contribution in [2.24, 2.45) is 5.73 Å². The van der Waals surface area contributed by atoms with Gasteiger partial charge in [0.05, 0.1) is 6.04 Å². The number of carboxylic acids is 1. The number of hydrogen-bond donors (Lipinski definition) is 2. The summed E-state index contributed by atoms with van der Waals surface area (Å²) in [6.45, 7) is 2.47. The second kappa shape index (κ2) is 6.89.